The van der Waals surface area contributed by atoms with E-state index in [9.17, 15) is 12.8 Å². The normalized spacial score (nSPS) is 16.0. The predicted molar refractivity (Wildman–Crippen MR) is 171 cm³/mol. The highest BCUT2D eigenvalue weighted by molar-refractivity contribution is 9.10. The quantitative estimate of drug-likeness (QED) is 0.137. The van der Waals surface area contributed by atoms with Crippen LogP contribution in [0.5, 0.6) is 5.75 Å². The molecule has 0 saturated heterocycles. The molecule has 1 N–H and O–H groups in total. The Balaban J connectivity index is 1.19. The Morgan fingerprint density at radius 1 is 1.00 bits per heavy atom. The molecule has 1 aliphatic heterocycles. The van der Waals surface area contributed by atoms with E-state index in [1.165, 1.54) is 43.1 Å². The maximum atomic E-state index is 15.6. The van der Waals surface area contributed by atoms with Crippen molar-refractivity contribution < 1.29 is 31.4 Å². The average Bonchev–Trinajstić information content (AvgIpc) is 3.53. The van der Waals surface area contributed by atoms with Gasteiger partial charge in [0.2, 0.25) is 0 Å². The lowest BCUT2D eigenvalue weighted by Crippen LogP contribution is -2.33. The van der Waals surface area contributed by atoms with E-state index in [2.05, 4.69) is 36.2 Å². The highest BCUT2D eigenvalue weighted by atomic mass is 79.9. The molecule has 0 saturated carbocycles. The molecule has 0 spiro atoms. The number of ether oxygens (including phenoxy) is 3. The summed E-state index contributed by atoms with van der Waals surface area (Å²) in [5.74, 6) is -0.184. The molecule has 0 radical (unpaired) electrons. The number of benzene rings is 3. The minimum absolute atomic E-state index is 0.0363. The number of aromatic nitrogens is 3. The van der Waals surface area contributed by atoms with Crippen LogP contribution >= 0.6 is 15.9 Å². The molecule has 0 amide bonds. The van der Waals surface area contributed by atoms with E-state index in [1.807, 2.05) is 0 Å². The number of fused-ring (bicyclic) bond motifs is 1. The van der Waals surface area contributed by atoms with Crippen LogP contribution in [0.15, 0.2) is 107 Å². The molecule has 3 heterocycles. The first-order chi connectivity index (χ1) is 22.2. The molecule has 46 heavy (non-hydrogen) atoms. The van der Waals surface area contributed by atoms with Crippen LogP contribution in [-0.2, 0) is 31.5 Å². The van der Waals surface area contributed by atoms with Gasteiger partial charge in [-0.2, -0.15) is 0 Å². The van der Waals surface area contributed by atoms with E-state index in [1.54, 1.807) is 54.6 Å². The SMILES string of the molecule is O=S(=O)(CCOCC1(c2cc3c(Nc4ccc(OCc5cccc(F)c5)c(Br)c4)ncnc3cc2F)CC=CO1)c1ccccn1. The van der Waals surface area contributed by atoms with Gasteiger partial charge < -0.3 is 19.5 Å². The molecule has 0 bridgehead atoms. The van der Waals surface area contributed by atoms with Crippen molar-refractivity contribution in [3.63, 3.8) is 0 Å². The molecular formula is C33H27BrF2N4O5S. The van der Waals surface area contributed by atoms with Crippen LogP contribution in [0.25, 0.3) is 10.9 Å². The molecule has 0 fully saturated rings. The maximum Gasteiger partial charge on any atom is 0.197 e. The Labute approximate surface area is 272 Å². The Kier molecular flexibility index (Phi) is 9.24. The predicted octanol–water partition coefficient (Wildman–Crippen LogP) is 7.01. The first kappa shape index (κ1) is 31.5. The van der Waals surface area contributed by atoms with E-state index in [-0.39, 0.29) is 42.0 Å². The largest absolute Gasteiger partial charge is 0.488 e. The molecule has 1 aliphatic rings. The number of rotatable bonds is 12. The monoisotopic (exact) mass is 708 g/mol. The second kappa shape index (κ2) is 13.5. The number of pyridine rings is 1. The van der Waals surface area contributed by atoms with E-state index >= 15 is 4.39 Å². The van der Waals surface area contributed by atoms with E-state index < -0.39 is 21.3 Å². The molecule has 6 rings (SSSR count). The molecule has 1 atom stereocenters. The molecule has 9 nitrogen and oxygen atoms in total. The first-order valence-corrected chi connectivity index (χ1v) is 16.6. The zero-order chi connectivity index (χ0) is 32.1. The summed E-state index contributed by atoms with van der Waals surface area (Å²) in [6.07, 6.45) is 6.30. The van der Waals surface area contributed by atoms with Gasteiger partial charge in [-0.15, -0.1) is 0 Å². The molecule has 236 valence electrons. The first-order valence-electron chi connectivity index (χ1n) is 14.2. The zero-order valence-corrected chi connectivity index (χ0v) is 26.6. The third-order valence-corrected chi connectivity index (χ3v) is 9.52. The van der Waals surface area contributed by atoms with Crippen LogP contribution < -0.4 is 10.1 Å². The summed E-state index contributed by atoms with van der Waals surface area (Å²) in [7, 11) is -3.65. The van der Waals surface area contributed by atoms with Gasteiger partial charge in [0.25, 0.3) is 0 Å². The minimum Gasteiger partial charge on any atom is -0.488 e. The Morgan fingerprint density at radius 2 is 1.89 bits per heavy atom. The number of anilines is 2. The number of nitrogens with zero attached hydrogens (tertiary/aromatic N) is 3. The second-order valence-electron chi connectivity index (χ2n) is 10.5. The van der Waals surface area contributed by atoms with Crippen molar-refractivity contribution in [2.75, 3.05) is 24.3 Å². The number of sulfone groups is 1. The molecule has 5 aromatic rings. The summed E-state index contributed by atoms with van der Waals surface area (Å²) >= 11 is 3.53. The molecule has 2 aromatic heterocycles. The van der Waals surface area contributed by atoms with Gasteiger partial charge in [0.1, 0.15) is 36.1 Å². The number of hydrogen-bond donors (Lipinski definition) is 1. The van der Waals surface area contributed by atoms with Gasteiger partial charge in [-0.1, -0.05) is 18.2 Å². The van der Waals surface area contributed by atoms with Crippen molar-refractivity contribution in [3.8, 4) is 5.75 Å². The Bertz CT molecular complexity index is 2010. The van der Waals surface area contributed by atoms with Crippen molar-refractivity contribution in [3.05, 3.63) is 125 Å². The minimum atomic E-state index is -3.65. The van der Waals surface area contributed by atoms with Crippen molar-refractivity contribution in [2.45, 2.75) is 23.7 Å². The summed E-state index contributed by atoms with van der Waals surface area (Å²) in [4.78, 5) is 12.6. The van der Waals surface area contributed by atoms with E-state index in [0.29, 0.717) is 44.6 Å². The van der Waals surface area contributed by atoms with Gasteiger partial charge in [-0.3, -0.25) is 0 Å². The van der Waals surface area contributed by atoms with Crippen molar-refractivity contribution in [1.29, 1.82) is 0 Å². The summed E-state index contributed by atoms with van der Waals surface area (Å²) < 4.78 is 72.6. The summed E-state index contributed by atoms with van der Waals surface area (Å²) in [5.41, 5.74) is 0.740. The fourth-order valence-corrected chi connectivity index (χ4v) is 6.54. The van der Waals surface area contributed by atoms with Gasteiger partial charge in [-0.05, 0) is 76.1 Å². The highest BCUT2D eigenvalue weighted by Gasteiger charge is 2.39. The highest BCUT2D eigenvalue weighted by Crippen LogP contribution is 2.39. The van der Waals surface area contributed by atoms with Crippen molar-refractivity contribution in [2.24, 2.45) is 0 Å². The van der Waals surface area contributed by atoms with Crippen LogP contribution in [0.3, 0.4) is 0 Å². The van der Waals surface area contributed by atoms with E-state index in [4.69, 9.17) is 14.2 Å². The van der Waals surface area contributed by atoms with Crippen molar-refractivity contribution in [1.82, 2.24) is 15.0 Å². The number of halogens is 3. The Morgan fingerprint density at radius 3 is 2.65 bits per heavy atom. The van der Waals surface area contributed by atoms with Gasteiger partial charge in [0, 0.05) is 35.3 Å². The van der Waals surface area contributed by atoms with Crippen LogP contribution in [0.4, 0.5) is 20.3 Å². The van der Waals surface area contributed by atoms with Crippen molar-refractivity contribution >= 4 is 48.2 Å². The summed E-state index contributed by atoms with van der Waals surface area (Å²) in [6, 6.07) is 19.2. The second-order valence-corrected chi connectivity index (χ2v) is 13.4. The zero-order valence-electron chi connectivity index (χ0n) is 24.2. The number of nitrogens with one attached hydrogen (secondary N) is 1. The van der Waals surface area contributed by atoms with Crippen LogP contribution in [0.1, 0.15) is 17.5 Å². The lowest BCUT2D eigenvalue weighted by molar-refractivity contribution is -0.0439. The van der Waals surface area contributed by atoms with Crippen LogP contribution in [-0.4, -0.2) is 42.3 Å². The third-order valence-electron chi connectivity index (χ3n) is 7.32. The molecule has 0 aliphatic carbocycles. The third kappa shape index (κ3) is 7.01. The van der Waals surface area contributed by atoms with Gasteiger partial charge >= 0.3 is 0 Å². The smallest absolute Gasteiger partial charge is 0.197 e. The molecule has 1 unspecified atom stereocenters. The lowest BCUT2D eigenvalue weighted by atomic mass is 9.90. The fraction of sp³-hybridized carbons (Fsp3) is 0.182. The van der Waals surface area contributed by atoms with E-state index in [0.717, 1.165) is 0 Å². The molecular weight excluding hydrogens is 682 g/mol. The van der Waals surface area contributed by atoms with Gasteiger partial charge in [-0.25, -0.2) is 32.2 Å². The van der Waals surface area contributed by atoms with Crippen LogP contribution in [0.2, 0.25) is 0 Å². The summed E-state index contributed by atoms with van der Waals surface area (Å²) in [5, 5.41) is 3.76. The van der Waals surface area contributed by atoms with Gasteiger partial charge in [0.15, 0.2) is 20.5 Å². The molecule has 3 aromatic carbocycles. The lowest BCUT2D eigenvalue weighted by Gasteiger charge is -2.29. The standard InChI is InChI=1S/C33H27BrF2N4O5S/c34-27-16-24(8-9-30(27)44-19-22-5-3-6-23(35)15-22)40-32-25-17-26(28(36)18-29(25)38-21-39-32)33(10-4-12-45-33)20-43-13-14-46(41,42)31-7-1-2-11-37-31/h1-9,11-12,15-18,21H,10,13-14,19-20H2,(H,38,39,40). The topological polar surface area (TPSA) is 113 Å². The Hall–Kier alpha value is -4.46. The summed E-state index contributed by atoms with van der Waals surface area (Å²) in [6.45, 7) is -0.0386. The number of hydrogen-bond acceptors (Lipinski definition) is 9. The molecule has 13 heteroatoms. The average molecular weight is 710 g/mol. The van der Waals surface area contributed by atoms with Gasteiger partial charge in [0.05, 0.1) is 35.2 Å². The van der Waals surface area contributed by atoms with Crippen LogP contribution in [0, 0.1) is 11.6 Å². The maximum absolute atomic E-state index is 15.6. The fourth-order valence-electron chi connectivity index (χ4n) is 5.00.